The maximum atomic E-state index is 10.1. The van der Waals surface area contributed by atoms with E-state index in [0.717, 1.165) is 0 Å². The van der Waals surface area contributed by atoms with Crippen molar-refractivity contribution in [1.82, 2.24) is 0 Å². The summed E-state index contributed by atoms with van der Waals surface area (Å²) in [5.41, 5.74) is 0. The summed E-state index contributed by atoms with van der Waals surface area (Å²) in [6.45, 7) is 3.23. The predicted molar refractivity (Wildman–Crippen MR) is 69.2 cm³/mol. The van der Waals surface area contributed by atoms with Crippen LogP contribution in [0.5, 0.6) is 0 Å². The highest BCUT2D eigenvalue weighted by molar-refractivity contribution is 4.89. The van der Waals surface area contributed by atoms with Crippen molar-refractivity contribution in [2.45, 2.75) is 75.6 Å². The smallest absolute Gasteiger partial charge is 0.186 e. The van der Waals surface area contributed by atoms with E-state index < -0.39 is 55.3 Å². The van der Waals surface area contributed by atoms with Gasteiger partial charge in [0, 0.05) is 13.5 Å². The van der Waals surface area contributed by atoms with Crippen LogP contribution in [0.1, 0.15) is 20.3 Å². The number of aliphatic hydroxyl groups excluding tert-OH is 4. The molecular weight excluding hydrogens is 284 g/mol. The molecule has 8 heteroatoms. The molecule has 2 fully saturated rings. The molecule has 2 saturated heterocycles. The second-order valence-corrected chi connectivity index (χ2v) is 5.59. The second kappa shape index (κ2) is 6.84. The van der Waals surface area contributed by atoms with E-state index in [1.807, 2.05) is 0 Å². The van der Waals surface area contributed by atoms with Gasteiger partial charge in [-0.3, -0.25) is 0 Å². The second-order valence-electron chi connectivity index (χ2n) is 5.59. The molecule has 0 aromatic carbocycles. The summed E-state index contributed by atoms with van der Waals surface area (Å²) in [6.07, 6.45) is -8.08. The molecule has 0 radical (unpaired) electrons. The van der Waals surface area contributed by atoms with Gasteiger partial charge < -0.3 is 39.4 Å². The predicted octanol–water partition coefficient (Wildman–Crippen LogP) is -1.66. The average molecular weight is 308 g/mol. The molecule has 0 aliphatic carbocycles. The third-order valence-corrected chi connectivity index (χ3v) is 4.00. The summed E-state index contributed by atoms with van der Waals surface area (Å²) in [5, 5.41) is 39.4. The van der Waals surface area contributed by atoms with Gasteiger partial charge >= 0.3 is 0 Å². The van der Waals surface area contributed by atoms with Crippen molar-refractivity contribution < 1.29 is 39.4 Å². The number of ether oxygens (including phenoxy) is 4. The number of aliphatic hydroxyl groups is 4. The van der Waals surface area contributed by atoms with Crippen LogP contribution < -0.4 is 0 Å². The molecule has 0 aromatic rings. The van der Waals surface area contributed by atoms with E-state index in [9.17, 15) is 20.4 Å². The standard InChI is InChI=1S/C13H24O8/c1-5-9(15)7(14)4-8(19-5)21-12-11(17)10(16)6(2)20-13(12)18-3/h5-17H,4H2,1-3H3/t5-,6-,7-,8-,9-,10-,11+,12+,13+/m0/s1. The lowest BCUT2D eigenvalue weighted by atomic mass is 9.99. The van der Waals surface area contributed by atoms with Crippen LogP contribution in [0.2, 0.25) is 0 Å². The van der Waals surface area contributed by atoms with Gasteiger partial charge in [0.05, 0.1) is 18.3 Å². The molecule has 0 bridgehead atoms. The summed E-state index contributed by atoms with van der Waals surface area (Å²) in [5.74, 6) is 0. The van der Waals surface area contributed by atoms with Gasteiger partial charge in [0.25, 0.3) is 0 Å². The lowest BCUT2D eigenvalue weighted by molar-refractivity contribution is -0.341. The molecule has 21 heavy (non-hydrogen) atoms. The minimum absolute atomic E-state index is 0.0524. The van der Waals surface area contributed by atoms with Gasteiger partial charge in [-0.1, -0.05) is 0 Å². The monoisotopic (exact) mass is 308 g/mol. The van der Waals surface area contributed by atoms with E-state index in [1.165, 1.54) is 7.11 Å². The lowest BCUT2D eigenvalue weighted by Gasteiger charge is -2.43. The molecule has 2 heterocycles. The number of methoxy groups -OCH3 is 1. The van der Waals surface area contributed by atoms with E-state index in [4.69, 9.17) is 18.9 Å². The Labute approximate surface area is 123 Å². The first-order valence-corrected chi connectivity index (χ1v) is 7.06. The lowest BCUT2D eigenvalue weighted by Crippen LogP contribution is -2.60. The molecule has 4 N–H and O–H groups in total. The van der Waals surface area contributed by atoms with Crippen LogP contribution >= 0.6 is 0 Å². The van der Waals surface area contributed by atoms with Crippen LogP contribution in [-0.2, 0) is 18.9 Å². The number of rotatable bonds is 3. The topological polar surface area (TPSA) is 118 Å². The van der Waals surface area contributed by atoms with Crippen molar-refractivity contribution in [1.29, 1.82) is 0 Å². The third kappa shape index (κ3) is 3.54. The van der Waals surface area contributed by atoms with Gasteiger partial charge in [-0.2, -0.15) is 0 Å². The summed E-state index contributed by atoms with van der Waals surface area (Å²) < 4.78 is 21.6. The molecule has 2 rings (SSSR count). The van der Waals surface area contributed by atoms with Crippen molar-refractivity contribution in [3.63, 3.8) is 0 Å². The van der Waals surface area contributed by atoms with E-state index in [1.54, 1.807) is 13.8 Å². The van der Waals surface area contributed by atoms with Gasteiger partial charge in [-0.25, -0.2) is 0 Å². The molecule has 124 valence electrons. The Morgan fingerprint density at radius 2 is 1.52 bits per heavy atom. The molecular formula is C13H24O8. The minimum atomic E-state index is -1.21. The van der Waals surface area contributed by atoms with E-state index in [2.05, 4.69) is 0 Å². The Morgan fingerprint density at radius 1 is 0.905 bits per heavy atom. The summed E-state index contributed by atoms with van der Waals surface area (Å²) in [7, 11) is 1.40. The molecule has 0 unspecified atom stereocenters. The van der Waals surface area contributed by atoms with Gasteiger partial charge in [0.1, 0.15) is 24.4 Å². The maximum Gasteiger partial charge on any atom is 0.186 e. The zero-order valence-corrected chi connectivity index (χ0v) is 12.3. The highest BCUT2D eigenvalue weighted by Gasteiger charge is 2.46. The summed E-state index contributed by atoms with van der Waals surface area (Å²) in [4.78, 5) is 0. The Bertz CT molecular complexity index is 326. The SMILES string of the molecule is CO[C@@H]1O[C@@H](C)[C@H](O)[C@@H](O)[C@H]1O[C@H]1C[C@H](O)[C@@H](O)[C@H](C)O1. The van der Waals surface area contributed by atoms with Gasteiger partial charge in [-0.15, -0.1) is 0 Å². The Morgan fingerprint density at radius 3 is 2.10 bits per heavy atom. The fraction of sp³-hybridized carbons (Fsp3) is 1.00. The summed E-state index contributed by atoms with van der Waals surface area (Å²) in [6, 6.07) is 0. The van der Waals surface area contributed by atoms with Gasteiger partial charge in [-0.05, 0) is 13.8 Å². The van der Waals surface area contributed by atoms with Crippen molar-refractivity contribution >= 4 is 0 Å². The van der Waals surface area contributed by atoms with Crippen LogP contribution in [0.15, 0.2) is 0 Å². The van der Waals surface area contributed by atoms with Crippen LogP contribution in [-0.4, -0.2) is 82.8 Å². The van der Waals surface area contributed by atoms with Crippen molar-refractivity contribution in [2.75, 3.05) is 7.11 Å². The van der Waals surface area contributed by atoms with E-state index >= 15 is 0 Å². The zero-order valence-electron chi connectivity index (χ0n) is 12.3. The summed E-state index contributed by atoms with van der Waals surface area (Å²) >= 11 is 0. The van der Waals surface area contributed by atoms with Crippen LogP contribution in [0.25, 0.3) is 0 Å². The van der Waals surface area contributed by atoms with Gasteiger partial charge in [0.2, 0.25) is 0 Å². The zero-order chi connectivity index (χ0) is 15.7. The number of hydrogen-bond acceptors (Lipinski definition) is 8. The molecule has 0 amide bonds. The normalized spacial score (nSPS) is 51.9. The fourth-order valence-corrected chi connectivity index (χ4v) is 2.62. The molecule has 8 nitrogen and oxygen atoms in total. The van der Waals surface area contributed by atoms with Crippen LogP contribution in [0, 0.1) is 0 Å². The molecule has 2 aliphatic rings. The molecule has 0 aromatic heterocycles. The first-order chi connectivity index (χ1) is 9.85. The third-order valence-electron chi connectivity index (χ3n) is 4.00. The van der Waals surface area contributed by atoms with Crippen molar-refractivity contribution in [2.24, 2.45) is 0 Å². The minimum Gasteiger partial charge on any atom is -0.390 e. The molecule has 0 spiro atoms. The Balaban J connectivity index is 2.02. The van der Waals surface area contributed by atoms with E-state index in [-0.39, 0.29) is 6.42 Å². The fourth-order valence-electron chi connectivity index (χ4n) is 2.62. The largest absolute Gasteiger partial charge is 0.390 e. The Hall–Kier alpha value is -0.320. The van der Waals surface area contributed by atoms with Crippen LogP contribution in [0.3, 0.4) is 0 Å². The van der Waals surface area contributed by atoms with Gasteiger partial charge in [0.15, 0.2) is 12.6 Å². The highest BCUT2D eigenvalue weighted by Crippen LogP contribution is 2.28. The number of hydrogen-bond donors (Lipinski definition) is 4. The molecule has 0 saturated carbocycles. The van der Waals surface area contributed by atoms with Crippen molar-refractivity contribution in [3.05, 3.63) is 0 Å². The maximum absolute atomic E-state index is 10.1. The first-order valence-electron chi connectivity index (χ1n) is 7.06. The highest BCUT2D eigenvalue weighted by atomic mass is 16.7. The van der Waals surface area contributed by atoms with Crippen molar-refractivity contribution in [3.8, 4) is 0 Å². The first kappa shape index (κ1) is 17.0. The van der Waals surface area contributed by atoms with E-state index in [0.29, 0.717) is 0 Å². The van der Waals surface area contributed by atoms with Crippen LogP contribution in [0.4, 0.5) is 0 Å². The molecule has 2 aliphatic heterocycles. The quantitative estimate of drug-likeness (QED) is 0.489. The average Bonchev–Trinajstić information content (AvgIpc) is 2.45. The molecule has 9 atom stereocenters. The Kier molecular flexibility index (Phi) is 5.55.